The molecule has 0 radical (unpaired) electrons. The van der Waals surface area contributed by atoms with E-state index in [2.05, 4.69) is 38.0 Å². The van der Waals surface area contributed by atoms with Crippen molar-refractivity contribution < 1.29 is 4.74 Å². The lowest BCUT2D eigenvalue weighted by molar-refractivity contribution is 0.0569. The van der Waals surface area contributed by atoms with Gasteiger partial charge >= 0.3 is 0 Å². The van der Waals surface area contributed by atoms with Crippen LogP contribution in [0, 0.1) is 11.3 Å². The largest absolute Gasteiger partial charge is 0.373 e. The Labute approximate surface area is 122 Å². The van der Waals surface area contributed by atoms with Crippen molar-refractivity contribution in [2.75, 3.05) is 14.2 Å². The minimum Gasteiger partial charge on any atom is -0.373 e. The Bertz CT molecular complexity index is 471. The van der Waals surface area contributed by atoms with E-state index in [-0.39, 0.29) is 11.5 Å². The van der Waals surface area contributed by atoms with Crippen LogP contribution >= 0.6 is 0 Å². The zero-order valence-corrected chi connectivity index (χ0v) is 13.5. The fraction of sp³-hybridized carbons (Fsp3) is 0.750. The molecule has 2 atom stereocenters. The van der Waals surface area contributed by atoms with Gasteiger partial charge in [-0.2, -0.15) is 0 Å². The van der Waals surface area contributed by atoms with Gasteiger partial charge in [-0.05, 0) is 31.2 Å². The molecule has 1 N–H and O–H groups in total. The lowest BCUT2D eigenvalue weighted by atomic mass is 9.74. The van der Waals surface area contributed by atoms with Gasteiger partial charge in [0.05, 0.1) is 0 Å². The van der Waals surface area contributed by atoms with Crippen molar-refractivity contribution in [2.45, 2.75) is 52.7 Å². The number of aromatic nitrogens is 2. The van der Waals surface area contributed by atoms with Gasteiger partial charge in [-0.3, -0.25) is 0 Å². The van der Waals surface area contributed by atoms with Crippen molar-refractivity contribution in [3.05, 3.63) is 23.3 Å². The Hall–Kier alpha value is -1.00. The number of rotatable bonds is 4. The molecule has 4 nitrogen and oxygen atoms in total. The second kappa shape index (κ2) is 5.78. The predicted octanol–water partition coefficient (Wildman–Crippen LogP) is 3.05. The monoisotopic (exact) mass is 277 g/mol. The molecule has 4 heteroatoms. The van der Waals surface area contributed by atoms with Gasteiger partial charge < -0.3 is 10.1 Å². The van der Waals surface area contributed by atoms with Gasteiger partial charge in [0.25, 0.3) is 0 Å². The van der Waals surface area contributed by atoms with E-state index in [1.54, 1.807) is 7.11 Å². The first kappa shape index (κ1) is 15.4. The summed E-state index contributed by atoms with van der Waals surface area (Å²) in [6.45, 7) is 8.88. The predicted molar refractivity (Wildman–Crippen MR) is 80.5 cm³/mol. The smallest absolute Gasteiger partial charge is 0.157 e. The number of ether oxygens (including phenoxy) is 1. The molecule has 1 aliphatic carbocycles. The fourth-order valence-corrected chi connectivity index (χ4v) is 3.13. The van der Waals surface area contributed by atoms with Crippen molar-refractivity contribution in [3.8, 4) is 0 Å². The van der Waals surface area contributed by atoms with Gasteiger partial charge in [0, 0.05) is 30.6 Å². The molecule has 0 aromatic carbocycles. The van der Waals surface area contributed by atoms with Gasteiger partial charge in [0.2, 0.25) is 0 Å². The summed E-state index contributed by atoms with van der Waals surface area (Å²) >= 11 is 0. The molecule has 1 aliphatic rings. The Balaban J connectivity index is 2.40. The van der Waals surface area contributed by atoms with Crippen LogP contribution in [0.3, 0.4) is 0 Å². The summed E-state index contributed by atoms with van der Waals surface area (Å²) < 4.78 is 5.55. The molecular weight excluding hydrogens is 250 g/mol. The van der Waals surface area contributed by atoms with Crippen LogP contribution in [-0.2, 0) is 11.2 Å². The van der Waals surface area contributed by atoms with Crippen molar-refractivity contribution in [1.29, 1.82) is 0 Å². The zero-order chi connectivity index (χ0) is 14.9. The maximum absolute atomic E-state index is 5.55. The van der Waals surface area contributed by atoms with E-state index in [9.17, 15) is 0 Å². The lowest BCUT2D eigenvalue weighted by Gasteiger charge is -2.36. The molecular formula is C16H27N3O. The van der Waals surface area contributed by atoms with Crippen LogP contribution in [0.25, 0.3) is 0 Å². The Morgan fingerprint density at radius 1 is 1.40 bits per heavy atom. The van der Waals surface area contributed by atoms with Gasteiger partial charge in [0.1, 0.15) is 6.10 Å². The molecule has 112 valence electrons. The highest BCUT2D eigenvalue weighted by Gasteiger charge is 2.33. The summed E-state index contributed by atoms with van der Waals surface area (Å²) in [6.07, 6.45) is 4.09. The normalized spacial score (nSPS) is 22.6. The minimum atomic E-state index is -0.0293. The van der Waals surface area contributed by atoms with Crippen molar-refractivity contribution in [2.24, 2.45) is 11.3 Å². The van der Waals surface area contributed by atoms with E-state index >= 15 is 0 Å². The maximum atomic E-state index is 5.55. The van der Waals surface area contributed by atoms with Crippen molar-refractivity contribution >= 4 is 0 Å². The third kappa shape index (κ3) is 3.01. The third-order valence-corrected chi connectivity index (χ3v) is 4.16. The fourth-order valence-electron chi connectivity index (χ4n) is 3.13. The molecule has 0 saturated carbocycles. The quantitative estimate of drug-likeness (QED) is 0.919. The number of hydrogen-bond acceptors (Lipinski definition) is 4. The van der Waals surface area contributed by atoms with Crippen LogP contribution in [0.4, 0.5) is 0 Å². The van der Waals surface area contributed by atoms with Crippen LogP contribution in [0.1, 0.15) is 63.3 Å². The third-order valence-electron chi connectivity index (χ3n) is 4.16. The molecule has 2 rings (SSSR count). The molecule has 20 heavy (non-hydrogen) atoms. The Kier molecular flexibility index (Phi) is 4.45. The van der Waals surface area contributed by atoms with Crippen molar-refractivity contribution in [1.82, 2.24) is 15.3 Å². The number of hydrogen-bond donors (Lipinski definition) is 1. The topological polar surface area (TPSA) is 47.0 Å². The molecule has 0 saturated heterocycles. The van der Waals surface area contributed by atoms with Crippen LogP contribution in [-0.4, -0.2) is 24.1 Å². The van der Waals surface area contributed by atoms with Crippen LogP contribution in [0.5, 0.6) is 0 Å². The summed E-state index contributed by atoms with van der Waals surface area (Å²) in [7, 11) is 3.74. The number of methoxy groups -OCH3 is 1. The van der Waals surface area contributed by atoms with E-state index in [1.165, 1.54) is 11.3 Å². The summed E-state index contributed by atoms with van der Waals surface area (Å²) in [5, 5.41) is 3.39. The molecule has 0 aliphatic heterocycles. The second-order valence-electron chi connectivity index (χ2n) is 6.92. The van der Waals surface area contributed by atoms with Gasteiger partial charge in [0.15, 0.2) is 5.82 Å². The van der Waals surface area contributed by atoms with E-state index < -0.39 is 0 Å². The van der Waals surface area contributed by atoms with Crippen LogP contribution < -0.4 is 5.32 Å². The van der Waals surface area contributed by atoms with Gasteiger partial charge in [-0.25, -0.2) is 9.97 Å². The summed E-state index contributed by atoms with van der Waals surface area (Å²) in [5.41, 5.74) is 2.69. The lowest BCUT2D eigenvalue weighted by Crippen LogP contribution is -2.33. The highest BCUT2D eigenvalue weighted by Crippen LogP contribution is 2.40. The van der Waals surface area contributed by atoms with E-state index in [1.807, 2.05) is 13.2 Å². The average Bonchev–Trinajstić information content (AvgIpc) is 2.36. The number of nitrogens with one attached hydrogen (secondary N) is 1. The first-order valence-electron chi connectivity index (χ1n) is 7.43. The molecule has 1 heterocycles. The molecule has 0 bridgehead atoms. The molecule has 1 aromatic rings. The van der Waals surface area contributed by atoms with E-state index in [0.717, 1.165) is 18.7 Å². The number of nitrogens with zero attached hydrogens (tertiary/aromatic N) is 2. The standard InChI is InChI=1S/C16H27N3O/c1-10(2)14(20-6)15-18-9-11-12(17-5)7-16(3,4)8-13(11)19-15/h9-10,12,14,17H,7-8H2,1-6H3. The number of fused-ring (bicyclic) bond motifs is 1. The maximum Gasteiger partial charge on any atom is 0.157 e. The molecule has 2 unspecified atom stereocenters. The molecule has 1 aromatic heterocycles. The zero-order valence-electron chi connectivity index (χ0n) is 13.5. The second-order valence-corrected chi connectivity index (χ2v) is 6.92. The van der Waals surface area contributed by atoms with Crippen molar-refractivity contribution in [3.63, 3.8) is 0 Å². The summed E-state index contributed by atoms with van der Waals surface area (Å²) in [5.74, 6) is 1.18. The van der Waals surface area contributed by atoms with Crippen LogP contribution in [0.2, 0.25) is 0 Å². The molecule has 0 fully saturated rings. The highest BCUT2D eigenvalue weighted by molar-refractivity contribution is 5.27. The minimum absolute atomic E-state index is 0.0293. The van der Waals surface area contributed by atoms with Gasteiger partial charge in [-0.15, -0.1) is 0 Å². The first-order valence-corrected chi connectivity index (χ1v) is 7.43. The summed E-state index contributed by atoms with van der Waals surface area (Å²) in [4.78, 5) is 9.38. The van der Waals surface area contributed by atoms with E-state index in [0.29, 0.717) is 12.0 Å². The highest BCUT2D eigenvalue weighted by atomic mass is 16.5. The SMILES string of the molecule is CNC1CC(C)(C)Cc2nc(C(OC)C(C)C)ncc21. The van der Waals surface area contributed by atoms with Gasteiger partial charge in [-0.1, -0.05) is 27.7 Å². The Morgan fingerprint density at radius 3 is 2.65 bits per heavy atom. The summed E-state index contributed by atoms with van der Waals surface area (Å²) in [6, 6.07) is 0.350. The first-order chi connectivity index (χ1) is 9.38. The molecule has 0 amide bonds. The molecule has 0 spiro atoms. The van der Waals surface area contributed by atoms with Crippen LogP contribution in [0.15, 0.2) is 6.20 Å². The average molecular weight is 277 g/mol. The Morgan fingerprint density at radius 2 is 2.10 bits per heavy atom. The van der Waals surface area contributed by atoms with E-state index in [4.69, 9.17) is 9.72 Å².